The predicted molar refractivity (Wildman–Crippen MR) is 105 cm³/mol. The van der Waals surface area contributed by atoms with Gasteiger partial charge in [-0.1, -0.05) is 18.2 Å². The van der Waals surface area contributed by atoms with Gasteiger partial charge in [0.15, 0.2) is 0 Å². The minimum atomic E-state index is -0.577. The summed E-state index contributed by atoms with van der Waals surface area (Å²) < 4.78 is 1.74. The highest BCUT2D eigenvalue weighted by molar-refractivity contribution is 7.98. The van der Waals surface area contributed by atoms with Gasteiger partial charge in [0.1, 0.15) is 5.82 Å². The quantitative estimate of drug-likeness (QED) is 0.745. The summed E-state index contributed by atoms with van der Waals surface area (Å²) in [6, 6.07) is 9.70. The van der Waals surface area contributed by atoms with Crippen LogP contribution in [0.3, 0.4) is 0 Å². The number of piperazine rings is 1. The third-order valence-electron chi connectivity index (χ3n) is 5.24. The zero-order valence-corrected chi connectivity index (χ0v) is 16.2. The lowest BCUT2D eigenvalue weighted by molar-refractivity contribution is -0.902. The van der Waals surface area contributed by atoms with Crippen LogP contribution in [-0.4, -0.2) is 59.2 Å². The number of amides is 2. The van der Waals surface area contributed by atoms with Crippen LogP contribution < -0.4 is 10.2 Å². The molecule has 0 spiro atoms. The standard InChI is InChI=1S/C19H23N5O2S/c1-2-22-8-10-23(11-9-22)19(26)18(25)20-17-15-12-27-13-16(15)21-24(17)14-6-4-3-5-7-14/h3-7H,2,8-13H2,1H3,(H,20,25)/p+1. The smallest absolute Gasteiger partial charge is 0.315 e. The van der Waals surface area contributed by atoms with Gasteiger partial charge in [-0.3, -0.25) is 9.59 Å². The van der Waals surface area contributed by atoms with Gasteiger partial charge < -0.3 is 15.1 Å². The van der Waals surface area contributed by atoms with Crippen molar-refractivity contribution < 1.29 is 14.5 Å². The molecule has 8 heteroatoms. The number of carbonyl (C=O) groups is 2. The molecule has 3 heterocycles. The Morgan fingerprint density at radius 2 is 1.93 bits per heavy atom. The van der Waals surface area contributed by atoms with Gasteiger partial charge in [0.25, 0.3) is 0 Å². The van der Waals surface area contributed by atoms with Gasteiger partial charge in [-0.25, -0.2) is 4.68 Å². The predicted octanol–water partition coefficient (Wildman–Crippen LogP) is 0.305. The molecule has 1 aromatic carbocycles. The number of para-hydroxylation sites is 1. The van der Waals surface area contributed by atoms with Crippen LogP contribution >= 0.6 is 11.8 Å². The summed E-state index contributed by atoms with van der Waals surface area (Å²) in [7, 11) is 0. The van der Waals surface area contributed by atoms with E-state index in [1.807, 2.05) is 30.3 Å². The largest absolute Gasteiger partial charge is 0.332 e. The van der Waals surface area contributed by atoms with Crippen LogP contribution in [0.15, 0.2) is 30.3 Å². The molecule has 2 amide bonds. The Morgan fingerprint density at radius 3 is 2.63 bits per heavy atom. The topological polar surface area (TPSA) is 71.7 Å². The summed E-state index contributed by atoms with van der Waals surface area (Å²) in [5.74, 6) is 1.22. The van der Waals surface area contributed by atoms with E-state index in [9.17, 15) is 9.59 Å². The molecule has 2 aliphatic heterocycles. The number of thioether (sulfide) groups is 1. The van der Waals surface area contributed by atoms with Gasteiger partial charge in [-0.15, -0.1) is 0 Å². The molecule has 0 unspecified atom stereocenters. The van der Waals surface area contributed by atoms with E-state index in [1.165, 1.54) is 4.90 Å². The Labute approximate surface area is 162 Å². The minimum absolute atomic E-state index is 0.453. The van der Waals surface area contributed by atoms with E-state index in [0.717, 1.165) is 48.1 Å². The number of hydrogen-bond donors (Lipinski definition) is 2. The maximum absolute atomic E-state index is 12.7. The number of nitrogens with one attached hydrogen (secondary N) is 2. The third-order valence-corrected chi connectivity index (χ3v) is 6.21. The average Bonchev–Trinajstić information content (AvgIpc) is 3.31. The fraction of sp³-hybridized carbons (Fsp3) is 0.421. The van der Waals surface area contributed by atoms with Gasteiger partial charge >= 0.3 is 11.8 Å². The number of benzene rings is 1. The molecule has 1 aromatic heterocycles. The summed E-state index contributed by atoms with van der Waals surface area (Å²) in [4.78, 5) is 28.5. The molecule has 27 heavy (non-hydrogen) atoms. The van der Waals surface area contributed by atoms with Crippen molar-refractivity contribution in [3.05, 3.63) is 41.6 Å². The second-order valence-corrected chi connectivity index (χ2v) is 7.85. The van der Waals surface area contributed by atoms with Crippen molar-refractivity contribution in [3.8, 4) is 5.69 Å². The second kappa shape index (κ2) is 7.74. The Bertz CT molecular complexity index is 843. The van der Waals surface area contributed by atoms with Crippen molar-refractivity contribution in [1.29, 1.82) is 0 Å². The number of rotatable bonds is 3. The second-order valence-electron chi connectivity index (χ2n) is 6.86. The van der Waals surface area contributed by atoms with Gasteiger partial charge in [-0.2, -0.15) is 16.9 Å². The van der Waals surface area contributed by atoms with Crippen molar-refractivity contribution in [1.82, 2.24) is 14.7 Å². The number of likely N-dealkylation sites (N-methyl/N-ethyl adjacent to an activating group) is 1. The Hall–Kier alpha value is -2.32. The molecule has 2 aromatic rings. The van der Waals surface area contributed by atoms with Crippen molar-refractivity contribution in [2.45, 2.75) is 18.4 Å². The zero-order valence-electron chi connectivity index (χ0n) is 15.4. The van der Waals surface area contributed by atoms with E-state index in [0.29, 0.717) is 18.9 Å². The lowest BCUT2D eigenvalue weighted by Crippen LogP contribution is -3.14. The molecule has 0 saturated carbocycles. The van der Waals surface area contributed by atoms with Gasteiger partial charge in [0, 0.05) is 17.1 Å². The van der Waals surface area contributed by atoms with Crippen molar-refractivity contribution in [2.75, 3.05) is 38.0 Å². The van der Waals surface area contributed by atoms with E-state index in [1.54, 1.807) is 21.3 Å². The average molecular weight is 387 g/mol. The molecular weight excluding hydrogens is 362 g/mol. The van der Waals surface area contributed by atoms with Crippen molar-refractivity contribution in [3.63, 3.8) is 0 Å². The van der Waals surface area contributed by atoms with Crippen LogP contribution in [0.2, 0.25) is 0 Å². The maximum atomic E-state index is 12.7. The van der Waals surface area contributed by atoms with E-state index in [2.05, 4.69) is 17.3 Å². The maximum Gasteiger partial charge on any atom is 0.315 e. The highest BCUT2D eigenvalue weighted by Gasteiger charge is 2.30. The third kappa shape index (κ3) is 3.59. The molecule has 1 fully saturated rings. The van der Waals surface area contributed by atoms with Crippen molar-refractivity contribution in [2.24, 2.45) is 0 Å². The summed E-state index contributed by atoms with van der Waals surface area (Å²) in [6.07, 6.45) is 0. The molecule has 7 nitrogen and oxygen atoms in total. The molecule has 2 N–H and O–H groups in total. The molecule has 0 radical (unpaired) electrons. The normalized spacial score (nSPS) is 17.0. The monoisotopic (exact) mass is 386 g/mol. The highest BCUT2D eigenvalue weighted by atomic mass is 32.2. The van der Waals surface area contributed by atoms with Crippen LogP contribution in [0.1, 0.15) is 18.2 Å². The van der Waals surface area contributed by atoms with Crippen LogP contribution in [0.5, 0.6) is 0 Å². The first-order chi connectivity index (χ1) is 13.2. The number of hydrogen-bond acceptors (Lipinski definition) is 4. The molecule has 142 valence electrons. The number of quaternary nitrogens is 1. The number of anilines is 1. The first kappa shape index (κ1) is 18.1. The molecular formula is C19H24N5O2S+. The zero-order chi connectivity index (χ0) is 18.8. The van der Waals surface area contributed by atoms with E-state index in [4.69, 9.17) is 0 Å². The molecule has 4 rings (SSSR count). The van der Waals surface area contributed by atoms with Crippen LogP contribution in [0.25, 0.3) is 5.69 Å². The summed E-state index contributed by atoms with van der Waals surface area (Å²) in [6.45, 7) is 6.23. The molecule has 0 atom stereocenters. The van der Waals surface area contributed by atoms with Crippen LogP contribution in [0, 0.1) is 0 Å². The summed E-state index contributed by atoms with van der Waals surface area (Å²) in [5, 5.41) is 7.52. The number of carbonyl (C=O) groups excluding carboxylic acids is 2. The fourth-order valence-electron chi connectivity index (χ4n) is 3.58. The summed E-state index contributed by atoms with van der Waals surface area (Å²) in [5.41, 5.74) is 2.87. The number of nitrogens with zero attached hydrogens (tertiary/aromatic N) is 3. The Morgan fingerprint density at radius 1 is 1.19 bits per heavy atom. The van der Waals surface area contributed by atoms with E-state index in [-0.39, 0.29) is 0 Å². The molecule has 1 saturated heterocycles. The van der Waals surface area contributed by atoms with E-state index < -0.39 is 11.8 Å². The first-order valence-corrected chi connectivity index (χ1v) is 10.5. The fourth-order valence-corrected chi connectivity index (χ4v) is 4.62. The van der Waals surface area contributed by atoms with E-state index >= 15 is 0 Å². The van der Waals surface area contributed by atoms with Gasteiger partial charge in [-0.05, 0) is 19.1 Å². The lowest BCUT2D eigenvalue weighted by atomic mass is 10.2. The van der Waals surface area contributed by atoms with Crippen LogP contribution in [-0.2, 0) is 21.1 Å². The number of fused-ring (bicyclic) bond motifs is 1. The van der Waals surface area contributed by atoms with Crippen LogP contribution in [0.4, 0.5) is 5.82 Å². The first-order valence-electron chi connectivity index (χ1n) is 9.35. The molecule has 0 bridgehead atoms. The Kier molecular flexibility index (Phi) is 5.18. The molecule has 0 aliphatic carbocycles. The lowest BCUT2D eigenvalue weighted by Gasteiger charge is -2.31. The highest BCUT2D eigenvalue weighted by Crippen LogP contribution is 2.36. The summed E-state index contributed by atoms with van der Waals surface area (Å²) >= 11 is 1.77. The van der Waals surface area contributed by atoms with Gasteiger partial charge in [0.05, 0.1) is 44.1 Å². The Balaban J connectivity index is 1.54. The number of aromatic nitrogens is 2. The van der Waals surface area contributed by atoms with Gasteiger partial charge in [0.2, 0.25) is 0 Å². The molecule has 2 aliphatic rings. The van der Waals surface area contributed by atoms with Crippen molar-refractivity contribution >= 4 is 29.4 Å². The SMILES string of the molecule is CC[NH+]1CCN(C(=O)C(=O)Nc2c3c(nn2-c2ccccc2)CSC3)CC1. The minimum Gasteiger partial charge on any atom is -0.332 e.